The topological polar surface area (TPSA) is 222 Å². The molecule has 5 amide bonds. The van der Waals surface area contributed by atoms with Crippen molar-refractivity contribution in [3.8, 4) is 28.3 Å². The Labute approximate surface area is 512 Å². The number of carbonyl (C=O) groups is 5. The van der Waals surface area contributed by atoms with Crippen molar-refractivity contribution >= 4 is 82.2 Å². The quantitative estimate of drug-likeness (QED) is 0.0416. The second-order valence-corrected chi connectivity index (χ2v) is 22.6. The molecule has 88 heavy (non-hydrogen) atoms. The fraction of sp³-hybridized carbons (Fsp3) is 0.387. The molecule has 0 atom stereocenters. The molecule has 3 aromatic carbocycles. The molecular formula is C62H72BF3N12O9S. The zero-order chi connectivity index (χ0) is 61.6. The summed E-state index contributed by atoms with van der Waals surface area (Å²) < 4.78 is 71.9. The minimum atomic E-state index is -4.20. The van der Waals surface area contributed by atoms with Crippen molar-refractivity contribution in [2.24, 2.45) is 0 Å². The average Bonchev–Trinajstić information content (AvgIpc) is 1.56. The Morgan fingerprint density at radius 1 is 0.727 bits per heavy atom. The van der Waals surface area contributed by atoms with Gasteiger partial charge in [-0.25, -0.2) is 9.37 Å². The third-order valence-electron chi connectivity index (χ3n) is 15.7. The van der Waals surface area contributed by atoms with Crippen LogP contribution in [0.25, 0.3) is 39.4 Å². The van der Waals surface area contributed by atoms with Crippen LogP contribution in [-0.2, 0) is 38.2 Å². The standard InChI is InChI=1S/C62H72BF3N12O9S/c1-72(61(83)43-87-47-14-10-44(11-15-47)53-18-12-45-39-46-13-19-54(55-9-4-38-88-55)78(46)63(65,66)77(45)53)41-57(79)68-22-5-32-84-34-36-86-37-35-85-33-6-23-69-58(80)42-73-24-26-75(27-25-73)59(81)20-21-60(82)76-30-28-74(29-31-76)56-40-52(70-62(67)71-56)50-16-17-51(64)49-8-3-2-7-48(49)50/h2-4,7-19,38-40H,5-6,20-37,41-43H2,1H3,(H,68,79)(H,69,80)(H2,67,70,71). The normalized spacial score (nSPS) is 15.5. The number of nitrogens with two attached hydrogens (primary N) is 1. The fourth-order valence-electron chi connectivity index (χ4n) is 11.0. The van der Waals surface area contributed by atoms with Gasteiger partial charge in [0, 0.05) is 145 Å². The zero-order valence-corrected chi connectivity index (χ0v) is 49.9. The van der Waals surface area contributed by atoms with Gasteiger partial charge in [-0.05, 0) is 83.8 Å². The number of hydrogen-bond acceptors (Lipinski definition) is 15. The number of piperazine rings is 2. The second-order valence-electron chi connectivity index (χ2n) is 21.7. The van der Waals surface area contributed by atoms with Crippen molar-refractivity contribution in [2.45, 2.75) is 25.7 Å². The van der Waals surface area contributed by atoms with Gasteiger partial charge in [-0.3, -0.25) is 28.9 Å². The summed E-state index contributed by atoms with van der Waals surface area (Å²) in [7, 11) is 1.51. The summed E-state index contributed by atoms with van der Waals surface area (Å²) in [6.45, 7) is 2.79. The summed E-state index contributed by atoms with van der Waals surface area (Å²) in [5, 5.41) is 8.79. The summed E-state index contributed by atoms with van der Waals surface area (Å²) in [4.78, 5) is 82.8. The lowest BCUT2D eigenvalue weighted by atomic mass is 9.90. The molecule has 4 aliphatic heterocycles. The number of aromatic nitrogens is 3. The van der Waals surface area contributed by atoms with E-state index in [1.54, 1.807) is 82.6 Å². The lowest BCUT2D eigenvalue weighted by Crippen LogP contribution is -2.51. The van der Waals surface area contributed by atoms with Gasteiger partial charge in [0.25, 0.3) is 5.91 Å². The number of carbonyl (C=O) groups excluding carboxylic acids is 5. The number of halogens is 3. The molecule has 21 nitrogen and oxygen atoms in total. The SMILES string of the molecule is CN(CC(=O)NCCCOCCOCCOCCCNC(=O)CN1CCN(C(=O)CCC(=O)N2CCN(c3cc(-c4ccc(F)c5ccccc45)nc(N)n3)CC2)CC1)C(=O)COc1ccc(-c2ccc3n2[B-](F)(F)[N+]2=C(c4cccs4)C=CC2=C3)cc1. The van der Waals surface area contributed by atoms with E-state index in [-0.39, 0.29) is 67.9 Å². The number of thiophene rings is 1. The number of nitrogens with one attached hydrogen (secondary N) is 2. The van der Waals surface area contributed by atoms with Crippen LogP contribution in [0.1, 0.15) is 36.3 Å². The molecule has 3 aromatic heterocycles. The van der Waals surface area contributed by atoms with E-state index in [2.05, 4.69) is 20.6 Å². The van der Waals surface area contributed by atoms with Crippen LogP contribution in [0.2, 0.25) is 0 Å². The molecule has 7 heterocycles. The smallest absolute Gasteiger partial charge is 0.484 e. The highest BCUT2D eigenvalue weighted by atomic mass is 32.1. The molecule has 4 N–H and O–H groups in total. The lowest BCUT2D eigenvalue weighted by Gasteiger charge is -2.36. The van der Waals surface area contributed by atoms with Gasteiger partial charge in [0.1, 0.15) is 17.4 Å². The fourth-order valence-corrected chi connectivity index (χ4v) is 11.8. The first kappa shape index (κ1) is 62.6. The minimum Gasteiger partial charge on any atom is -0.484 e. The summed E-state index contributed by atoms with van der Waals surface area (Å²) in [6.07, 6.45) is 6.62. The number of nitrogens with zero attached hydrogens (tertiary/aromatic N) is 9. The number of fused-ring (bicyclic) bond motifs is 3. The zero-order valence-electron chi connectivity index (χ0n) is 49.1. The maximum absolute atomic E-state index is 16.3. The van der Waals surface area contributed by atoms with E-state index in [0.717, 1.165) is 24.8 Å². The second kappa shape index (κ2) is 29.5. The molecule has 0 radical (unpaired) electrons. The highest BCUT2D eigenvalue weighted by molar-refractivity contribution is 7.12. The van der Waals surface area contributed by atoms with Crippen LogP contribution in [0.3, 0.4) is 0 Å². The van der Waals surface area contributed by atoms with Crippen molar-refractivity contribution < 1.29 is 60.4 Å². The molecule has 4 aliphatic rings. The number of hydrogen-bond donors (Lipinski definition) is 3. The molecular weight excluding hydrogens is 1160 g/mol. The van der Waals surface area contributed by atoms with E-state index in [1.807, 2.05) is 45.5 Å². The number of benzene rings is 3. The predicted molar refractivity (Wildman–Crippen MR) is 330 cm³/mol. The van der Waals surface area contributed by atoms with Crippen LogP contribution < -0.4 is 26.0 Å². The summed E-state index contributed by atoms with van der Waals surface area (Å²) in [6, 6.07) is 25.8. The van der Waals surface area contributed by atoms with E-state index in [4.69, 9.17) is 24.7 Å². The highest BCUT2D eigenvalue weighted by Gasteiger charge is 2.53. The molecule has 464 valence electrons. The number of nitrogen functional groups attached to an aromatic ring is 1. The van der Waals surface area contributed by atoms with Crippen LogP contribution >= 0.6 is 11.3 Å². The van der Waals surface area contributed by atoms with Gasteiger partial charge in [0.15, 0.2) is 18.0 Å². The highest BCUT2D eigenvalue weighted by Crippen LogP contribution is 2.38. The number of likely N-dealkylation sites (N-methyl/N-ethyl adjacent to an activating group) is 1. The first-order valence-corrected chi connectivity index (χ1v) is 30.5. The minimum absolute atomic E-state index is 0.0808. The Morgan fingerprint density at radius 3 is 2.05 bits per heavy atom. The van der Waals surface area contributed by atoms with Crippen molar-refractivity contribution in [3.63, 3.8) is 0 Å². The first-order valence-electron chi connectivity index (χ1n) is 29.6. The number of rotatable bonds is 28. The molecule has 0 aliphatic carbocycles. The van der Waals surface area contributed by atoms with Crippen LogP contribution in [-0.4, -0.2) is 213 Å². The summed E-state index contributed by atoms with van der Waals surface area (Å²) >= 11 is 1.41. The lowest BCUT2D eigenvalue weighted by molar-refractivity contribution is -0.359. The molecule has 0 spiro atoms. The van der Waals surface area contributed by atoms with Crippen molar-refractivity contribution in [3.05, 3.63) is 131 Å². The van der Waals surface area contributed by atoms with Gasteiger partial charge in [-0.15, -0.1) is 11.3 Å². The van der Waals surface area contributed by atoms with Gasteiger partial charge in [-0.1, -0.05) is 30.3 Å². The molecule has 10 rings (SSSR count). The first-order chi connectivity index (χ1) is 42.7. The number of anilines is 2. The Balaban J connectivity index is 0.503. The maximum atomic E-state index is 16.3. The predicted octanol–water partition coefficient (Wildman–Crippen LogP) is 5.37. The van der Waals surface area contributed by atoms with E-state index < -0.39 is 12.9 Å². The number of ether oxygens (including phenoxy) is 4. The van der Waals surface area contributed by atoms with Gasteiger partial charge >= 0.3 is 6.97 Å². The van der Waals surface area contributed by atoms with Crippen molar-refractivity contribution in [2.75, 3.05) is 142 Å². The Kier molecular flexibility index (Phi) is 21.0. The number of amides is 5. The third-order valence-corrected chi connectivity index (χ3v) is 16.6. The van der Waals surface area contributed by atoms with Crippen LogP contribution in [0.15, 0.2) is 114 Å². The molecule has 0 unspecified atom stereocenters. The van der Waals surface area contributed by atoms with E-state index in [1.165, 1.54) is 29.4 Å². The van der Waals surface area contributed by atoms with Crippen LogP contribution in [0, 0.1) is 5.82 Å². The maximum Gasteiger partial charge on any atom is 0.737 e. The van der Waals surface area contributed by atoms with Gasteiger partial charge < -0.3 is 72.5 Å². The molecule has 2 saturated heterocycles. The monoisotopic (exact) mass is 1230 g/mol. The molecule has 2 fully saturated rings. The third kappa shape index (κ3) is 15.6. The molecule has 26 heteroatoms. The molecule has 0 saturated carbocycles. The van der Waals surface area contributed by atoms with E-state index in [9.17, 15) is 28.4 Å². The molecule has 0 bridgehead atoms. The van der Waals surface area contributed by atoms with Gasteiger partial charge in [0.05, 0.1) is 50.1 Å². The summed E-state index contributed by atoms with van der Waals surface area (Å²) in [5.74, 6) is -0.217. The van der Waals surface area contributed by atoms with Crippen LogP contribution in [0.4, 0.5) is 24.8 Å². The van der Waals surface area contributed by atoms with Gasteiger partial charge in [0.2, 0.25) is 29.6 Å². The average molecular weight is 1230 g/mol. The van der Waals surface area contributed by atoms with Gasteiger partial charge in [-0.2, -0.15) is 4.98 Å². The number of allylic oxidation sites excluding steroid dienone is 2. The Morgan fingerprint density at radius 2 is 1.38 bits per heavy atom. The Bertz CT molecular complexity index is 3550. The Hall–Kier alpha value is -8.43. The van der Waals surface area contributed by atoms with E-state index in [0.29, 0.717) is 169 Å². The van der Waals surface area contributed by atoms with Crippen LogP contribution in [0.5, 0.6) is 5.75 Å². The molecule has 6 aromatic rings. The largest absolute Gasteiger partial charge is 0.737 e. The summed E-state index contributed by atoms with van der Waals surface area (Å²) in [5.41, 5.74) is 9.70. The van der Waals surface area contributed by atoms with Crippen molar-refractivity contribution in [1.29, 1.82) is 0 Å². The van der Waals surface area contributed by atoms with Crippen molar-refractivity contribution in [1.82, 2.24) is 44.7 Å². The van der Waals surface area contributed by atoms with E-state index >= 15 is 8.63 Å².